The molecule has 1 aliphatic heterocycles. The maximum Gasteiger partial charge on any atom is 0.305 e. The first kappa shape index (κ1) is 33.8. The van der Waals surface area contributed by atoms with E-state index >= 15 is 4.39 Å². The molecular weight excluding hydrogens is 592 g/mol. The van der Waals surface area contributed by atoms with Crippen molar-refractivity contribution in [1.29, 1.82) is 0 Å². The molecule has 4 rings (SSSR count). The summed E-state index contributed by atoms with van der Waals surface area (Å²) in [6, 6.07) is 4.65. The second kappa shape index (κ2) is 13.5. The lowest BCUT2D eigenvalue weighted by atomic mass is 9.93. The van der Waals surface area contributed by atoms with E-state index in [1.807, 2.05) is 18.7 Å². The van der Waals surface area contributed by atoms with Gasteiger partial charge in [0.05, 0.1) is 23.7 Å². The number of amides is 1. The van der Waals surface area contributed by atoms with Crippen molar-refractivity contribution in [2.45, 2.75) is 71.6 Å². The van der Waals surface area contributed by atoms with Crippen LogP contribution in [-0.4, -0.2) is 57.0 Å². The molecule has 0 unspecified atom stereocenters. The number of alkyl halides is 1. The first-order chi connectivity index (χ1) is 21.1. The molecule has 0 bridgehead atoms. The lowest BCUT2D eigenvalue weighted by Gasteiger charge is -2.42. The zero-order valence-electron chi connectivity index (χ0n) is 26.0. The lowest BCUT2D eigenvalue weighted by Crippen LogP contribution is -2.57. The molecule has 242 valence electrons. The molecular formula is C33H38F4N4O4. The molecule has 12 heteroatoms. The number of aryl methyl sites for hydroxylation is 2. The van der Waals surface area contributed by atoms with Crippen LogP contribution in [0.1, 0.15) is 68.1 Å². The van der Waals surface area contributed by atoms with E-state index in [1.165, 1.54) is 26.0 Å². The summed E-state index contributed by atoms with van der Waals surface area (Å²) in [6.07, 6.45) is -0.196. The van der Waals surface area contributed by atoms with Crippen LogP contribution in [0.5, 0.6) is 0 Å². The Hall–Kier alpha value is -4.06. The molecule has 0 radical (unpaired) electrons. The van der Waals surface area contributed by atoms with Gasteiger partial charge in [0.25, 0.3) is 5.56 Å². The van der Waals surface area contributed by atoms with Crippen LogP contribution in [0, 0.1) is 37.2 Å². The van der Waals surface area contributed by atoms with Gasteiger partial charge < -0.3 is 10.4 Å². The van der Waals surface area contributed by atoms with Crippen LogP contribution < -0.4 is 10.9 Å². The van der Waals surface area contributed by atoms with Crippen LogP contribution in [-0.2, 0) is 16.0 Å². The number of carbonyl (C=O) groups is 2. The highest BCUT2D eigenvalue weighted by molar-refractivity contribution is 5.81. The van der Waals surface area contributed by atoms with Gasteiger partial charge in [-0.3, -0.25) is 19.3 Å². The minimum absolute atomic E-state index is 0.00925. The molecule has 45 heavy (non-hydrogen) atoms. The second-order valence-electron chi connectivity index (χ2n) is 12.5. The summed E-state index contributed by atoms with van der Waals surface area (Å²) in [5.41, 5.74) is -1.63. The highest BCUT2D eigenvalue weighted by Crippen LogP contribution is 2.33. The van der Waals surface area contributed by atoms with Crippen molar-refractivity contribution in [3.63, 3.8) is 0 Å². The lowest BCUT2D eigenvalue weighted by molar-refractivity contribution is -0.138. The summed E-state index contributed by atoms with van der Waals surface area (Å²) in [5, 5.41) is 16.7. The predicted octanol–water partition coefficient (Wildman–Crippen LogP) is 5.45. The number of nitrogens with zero attached hydrogens (tertiary/aromatic N) is 3. The third-order valence-corrected chi connectivity index (χ3v) is 7.85. The van der Waals surface area contributed by atoms with Gasteiger partial charge in [-0.15, -0.1) is 0 Å². The third-order valence-electron chi connectivity index (χ3n) is 7.85. The fourth-order valence-electron chi connectivity index (χ4n) is 5.77. The minimum Gasteiger partial charge on any atom is -0.481 e. The van der Waals surface area contributed by atoms with E-state index in [4.69, 9.17) is 0 Å². The van der Waals surface area contributed by atoms with Crippen molar-refractivity contribution >= 4 is 11.9 Å². The summed E-state index contributed by atoms with van der Waals surface area (Å²) in [7, 11) is 0. The summed E-state index contributed by atoms with van der Waals surface area (Å²) in [5.74, 6) is -4.86. The molecule has 0 saturated carbocycles. The number of benzene rings is 2. The van der Waals surface area contributed by atoms with Gasteiger partial charge in [0, 0.05) is 37.2 Å². The largest absolute Gasteiger partial charge is 0.481 e. The molecule has 8 nitrogen and oxygen atoms in total. The van der Waals surface area contributed by atoms with Gasteiger partial charge in [-0.1, -0.05) is 19.9 Å². The Morgan fingerprint density at radius 1 is 1.07 bits per heavy atom. The normalized spacial score (nSPS) is 15.9. The van der Waals surface area contributed by atoms with Crippen molar-refractivity contribution in [3.8, 4) is 11.1 Å². The average molecular weight is 631 g/mol. The molecule has 1 aromatic heterocycles. The summed E-state index contributed by atoms with van der Waals surface area (Å²) in [6.45, 7) is 9.24. The molecule has 2 N–H and O–H groups in total. The van der Waals surface area contributed by atoms with Gasteiger partial charge in [-0.2, -0.15) is 5.10 Å². The molecule has 0 aliphatic carbocycles. The standard InChI is InChI=1S/C33H38F4N4O4/c1-18(2)11-27(41-32(45)20(4)13-22(39-41)9-10-40-16-33(5,37)17-40)31(44)38-26(15-28(42)43)23-14-21(12-19(3)30(23)36)29-24(34)7-6-8-25(29)35/h6-8,12-14,18,26-27H,9-11,15-17H2,1-5H3,(H,38,44)(H,42,43)/t26-,27-/m0/s1. The van der Waals surface area contributed by atoms with E-state index in [0.717, 1.165) is 22.9 Å². The molecule has 1 saturated heterocycles. The quantitative estimate of drug-likeness (QED) is 0.258. The van der Waals surface area contributed by atoms with Crippen LogP contribution >= 0.6 is 0 Å². The fraction of sp³-hybridized carbons (Fsp3) is 0.455. The number of hydrogen-bond donors (Lipinski definition) is 2. The first-order valence-electron chi connectivity index (χ1n) is 14.8. The summed E-state index contributed by atoms with van der Waals surface area (Å²) < 4.78 is 59.8. The average Bonchev–Trinajstić information content (AvgIpc) is 2.92. The zero-order chi connectivity index (χ0) is 33.2. The first-order valence-corrected chi connectivity index (χ1v) is 14.8. The summed E-state index contributed by atoms with van der Waals surface area (Å²) in [4.78, 5) is 41.0. The number of hydrogen-bond acceptors (Lipinski definition) is 5. The monoisotopic (exact) mass is 630 g/mol. The molecule has 1 aliphatic rings. The number of nitrogens with one attached hydrogen (secondary N) is 1. The molecule has 2 atom stereocenters. The smallest absolute Gasteiger partial charge is 0.305 e. The number of carboxylic acid groups (broad SMARTS) is 1. The zero-order valence-corrected chi connectivity index (χ0v) is 26.0. The van der Waals surface area contributed by atoms with Crippen molar-refractivity contribution < 1.29 is 32.3 Å². The highest BCUT2D eigenvalue weighted by atomic mass is 19.1. The Bertz CT molecular complexity index is 1630. The second-order valence-corrected chi connectivity index (χ2v) is 12.5. The van der Waals surface area contributed by atoms with E-state index in [-0.39, 0.29) is 42.1 Å². The van der Waals surface area contributed by atoms with E-state index in [1.54, 1.807) is 13.0 Å². The fourth-order valence-corrected chi connectivity index (χ4v) is 5.77. The maximum absolute atomic E-state index is 15.6. The van der Waals surface area contributed by atoms with Gasteiger partial charge in [-0.25, -0.2) is 22.2 Å². The van der Waals surface area contributed by atoms with Crippen molar-refractivity contribution in [1.82, 2.24) is 20.0 Å². The predicted molar refractivity (Wildman–Crippen MR) is 161 cm³/mol. The van der Waals surface area contributed by atoms with E-state index < -0.39 is 64.6 Å². The van der Waals surface area contributed by atoms with Crippen LogP contribution in [0.25, 0.3) is 11.1 Å². The van der Waals surface area contributed by atoms with Crippen LogP contribution in [0.4, 0.5) is 17.6 Å². The van der Waals surface area contributed by atoms with E-state index in [9.17, 15) is 32.7 Å². The van der Waals surface area contributed by atoms with Gasteiger partial charge in [0.2, 0.25) is 5.91 Å². The molecule has 1 amide bonds. The maximum atomic E-state index is 15.6. The molecule has 1 fully saturated rings. The Morgan fingerprint density at radius 3 is 2.29 bits per heavy atom. The van der Waals surface area contributed by atoms with E-state index in [2.05, 4.69) is 10.4 Å². The topological polar surface area (TPSA) is 105 Å². The number of halogens is 4. The Labute approximate surface area is 259 Å². The molecule has 0 spiro atoms. The number of aromatic nitrogens is 2. The van der Waals surface area contributed by atoms with E-state index in [0.29, 0.717) is 24.2 Å². The summed E-state index contributed by atoms with van der Waals surface area (Å²) >= 11 is 0. The van der Waals surface area contributed by atoms with Crippen LogP contribution in [0.3, 0.4) is 0 Å². The Morgan fingerprint density at radius 2 is 1.71 bits per heavy atom. The SMILES string of the molecule is Cc1cc(-c2c(F)cccc2F)cc([C@H](CC(=O)O)NC(=O)[C@H](CC(C)C)n2nc(CCN3CC(C)(F)C3)cc(C)c2=O)c1F. The van der Waals surface area contributed by atoms with Gasteiger partial charge >= 0.3 is 5.97 Å². The molecule has 3 aromatic rings. The van der Waals surface area contributed by atoms with Crippen molar-refractivity contribution in [2.75, 3.05) is 19.6 Å². The number of likely N-dealkylation sites (tertiary alicyclic amines) is 1. The van der Waals surface area contributed by atoms with Gasteiger partial charge in [-0.05, 0) is 74.6 Å². The van der Waals surface area contributed by atoms with Crippen molar-refractivity contribution in [3.05, 3.63) is 86.6 Å². The van der Waals surface area contributed by atoms with Crippen LogP contribution in [0.2, 0.25) is 0 Å². The Kier molecular flexibility index (Phi) is 10.2. The number of carbonyl (C=O) groups excluding carboxylic acids is 1. The third kappa shape index (κ3) is 7.97. The molecule has 2 heterocycles. The van der Waals surface area contributed by atoms with Crippen LogP contribution in [0.15, 0.2) is 41.2 Å². The minimum atomic E-state index is -1.44. The van der Waals surface area contributed by atoms with Crippen molar-refractivity contribution in [2.24, 2.45) is 5.92 Å². The number of rotatable bonds is 12. The molecule has 2 aromatic carbocycles. The number of aliphatic carboxylic acids is 1. The Balaban J connectivity index is 1.70. The van der Waals surface area contributed by atoms with Gasteiger partial charge in [0.1, 0.15) is 29.2 Å². The highest BCUT2D eigenvalue weighted by Gasteiger charge is 2.38. The number of carboxylic acids is 1. The van der Waals surface area contributed by atoms with Gasteiger partial charge in [0.15, 0.2) is 0 Å².